The second kappa shape index (κ2) is 7.98. The monoisotopic (exact) mass is 350 g/mol. The Hall–Kier alpha value is -3.60. The number of nitrogens with zero attached hydrogens (tertiary/aromatic N) is 4. The minimum atomic E-state index is -0.466. The largest absolute Gasteiger partial charge is 0.448 e. The molecule has 2 aromatic heterocycles. The van der Waals surface area contributed by atoms with Gasteiger partial charge < -0.3 is 15.4 Å². The summed E-state index contributed by atoms with van der Waals surface area (Å²) in [4.78, 5) is 15.4. The van der Waals surface area contributed by atoms with Gasteiger partial charge in [0.05, 0.1) is 30.9 Å². The van der Waals surface area contributed by atoms with Crippen LogP contribution in [0.5, 0.6) is 0 Å². The smallest absolute Gasteiger partial charge is 0.406 e. The number of nitriles is 1. The van der Waals surface area contributed by atoms with Crippen molar-refractivity contribution in [1.82, 2.24) is 19.9 Å². The second-order valence-corrected chi connectivity index (χ2v) is 5.48. The van der Waals surface area contributed by atoms with Gasteiger partial charge in [-0.15, -0.1) is 5.10 Å². The summed E-state index contributed by atoms with van der Waals surface area (Å²) in [5, 5.41) is 18.8. The molecule has 8 nitrogen and oxygen atoms in total. The van der Waals surface area contributed by atoms with Crippen LogP contribution in [0.3, 0.4) is 0 Å². The van der Waals surface area contributed by atoms with Crippen molar-refractivity contribution in [2.24, 2.45) is 0 Å². The van der Waals surface area contributed by atoms with Crippen LogP contribution in [0.15, 0.2) is 42.6 Å². The van der Waals surface area contributed by atoms with Crippen molar-refractivity contribution >= 4 is 17.6 Å². The molecule has 0 atom stereocenters. The molecule has 2 heterocycles. The van der Waals surface area contributed by atoms with E-state index in [1.165, 1.54) is 7.05 Å². The maximum absolute atomic E-state index is 11.0. The number of amides is 1. The van der Waals surface area contributed by atoms with Crippen molar-refractivity contribution in [3.8, 4) is 17.3 Å². The number of hydrogen-bond acceptors (Lipinski definition) is 6. The van der Waals surface area contributed by atoms with Gasteiger partial charge in [0, 0.05) is 12.6 Å². The van der Waals surface area contributed by atoms with Crippen molar-refractivity contribution in [2.45, 2.75) is 6.42 Å². The molecular formula is C18H18N6O2. The van der Waals surface area contributed by atoms with Gasteiger partial charge in [-0.25, -0.2) is 14.3 Å². The van der Waals surface area contributed by atoms with Crippen LogP contribution >= 0.6 is 0 Å². The van der Waals surface area contributed by atoms with Crippen LogP contribution in [0.25, 0.3) is 16.9 Å². The summed E-state index contributed by atoms with van der Waals surface area (Å²) in [6.45, 7) is 0.676. The lowest BCUT2D eigenvalue weighted by Crippen LogP contribution is -2.22. The molecule has 0 aliphatic heterocycles. The maximum Gasteiger partial charge on any atom is 0.406 e. The van der Waals surface area contributed by atoms with Gasteiger partial charge in [0.25, 0.3) is 0 Å². The highest BCUT2D eigenvalue weighted by Crippen LogP contribution is 2.21. The van der Waals surface area contributed by atoms with E-state index in [0.717, 1.165) is 22.5 Å². The number of fused-ring (bicyclic) bond motifs is 1. The summed E-state index contributed by atoms with van der Waals surface area (Å²) < 4.78 is 6.68. The van der Waals surface area contributed by atoms with Crippen LogP contribution in [-0.2, 0) is 11.2 Å². The third kappa shape index (κ3) is 3.89. The van der Waals surface area contributed by atoms with E-state index in [-0.39, 0.29) is 6.61 Å². The van der Waals surface area contributed by atoms with Gasteiger partial charge in [0.1, 0.15) is 12.4 Å². The Balaban J connectivity index is 1.75. The van der Waals surface area contributed by atoms with E-state index >= 15 is 0 Å². The molecule has 0 saturated heterocycles. The first kappa shape index (κ1) is 17.2. The van der Waals surface area contributed by atoms with Crippen molar-refractivity contribution in [1.29, 1.82) is 5.26 Å². The number of carbonyl (C=O) groups is 1. The van der Waals surface area contributed by atoms with Crippen molar-refractivity contribution in [2.75, 3.05) is 25.5 Å². The normalized spacial score (nSPS) is 10.3. The number of aromatic nitrogens is 3. The fraction of sp³-hybridized carbons (Fsp3) is 0.222. The molecule has 0 aliphatic carbocycles. The molecule has 3 rings (SSSR count). The average molecular weight is 350 g/mol. The van der Waals surface area contributed by atoms with Crippen LogP contribution in [0.1, 0.15) is 5.56 Å². The predicted octanol–water partition coefficient (Wildman–Crippen LogP) is 2.23. The maximum atomic E-state index is 11.0. The third-order valence-corrected chi connectivity index (χ3v) is 3.74. The zero-order valence-electron chi connectivity index (χ0n) is 14.3. The fourth-order valence-electron chi connectivity index (χ4n) is 2.44. The molecule has 0 aliphatic rings. The van der Waals surface area contributed by atoms with E-state index in [2.05, 4.69) is 26.8 Å². The van der Waals surface area contributed by atoms with E-state index in [1.54, 1.807) is 10.7 Å². The quantitative estimate of drug-likeness (QED) is 0.661. The predicted molar refractivity (Wildman–Crippen MR) is 96.6 cm³/mol. The van der Waals surface area contributed by atoms with E-state index in [0.29, 0.717) is 18.8 Å². The lowest BCUT2D eigenvalue weighted by molar-refractivity contribution is 0.153. The first-order chi connectivity index (χ1) is 12.7. The number of anilines is 1. The van der Waals surface area contributed by atoms with Crippen LogP contribution < -0.4 is 10.6 Å². The van der Waals surface area contributed by atoms with E-state index < -0.39 is 6.09 Å². The van der Waals surface area contributed by atoms with E-state index in [9.17, 15) is 4.79 Å². The van der Waals surface area contributed by atoms with Crippen LogP contribution in [0.2, 0.25) is 0 Å². The molecule has 0 saturated carbocycles. The Morgan fingerprint density at radius 1 is 1.27 bits per heavy atom. The SMILES string of the molecule is CNC(=O)OCCNc1ccc2ncc(-c3ccc(CC#N)cc3)n2n1. The molecular weight excluding hydrogens is 332 g/mol. The topological polar surface area (TPSA) is 104 Å². The molecule has 1 aromatic carbocycles. The molecule has 0 radical (unpaired) electrons. The second-order valence-electron chi connectivity index (χ2n) is 5.48. The summed E-state index contributed by atoms with van der Waals surface area (Å²) in [5.74, 6) is 0.651. The van der Waals surface area contributed by atoms with Crippen molar-refractivity contribution < 1.29 is 9.53 Å². The number of imidazole rings is 1. The molecule has 3 aromatic rings. The summed E-state index contributed by atoms with van der Waals surface area (Å²) in [5.41, 5.74) is 3.52. The number of rotatable bonds is 6. The number of nitrogens with one attached hydrogen (secondary N) is 2. The van der Waals surface area contributed by atoms with Crippen molar-refractivity contribution in [3.05, 3.63) is 48.2 Å². The number of benzene rings is 1. The van der Waals surface area contributed by atoms with E-state index in [1.807, 2.05) is 36.4 Å². The number of alkyl carbamates (subject to hydrolysis) is 1. The Morgan fingerprint density at radius 2 is 2.08 bits per heavy atom. The Kier molecular flexibility index (Phi) is 5.29. The zero-order valence-corrected chi connectivity index (χ0v) is 14.3. The molecule has 0 fully saturated rings. The lowest BCUT2D eigenvalue weighted by Gasteiger charge is -2.08. The number of carbonyl (C=O) groups excluding carboxylic acids is 1. The summed E-state index contributed by atoms with van der Waals surface area (Å²) in [7, 11) is 1.51. The van der Waals surface area contributed by atoms with Crippen molar-refractivity contribution in [3.63, 3.8) is 0 Å². The molecule has 8 heteroatoms. The van der Waals surface area contributed by atoms with Gasteiger partial charge in [-0.05, 0) is 17.7 Å². The summed E-state index contributed by atoms with van der Waals surface area (Å²) in [6, 6.07) is 13.6. The Bertz CT molecular complexity index is 942. The third-order valence-electron chi connectivity index (χ3n) is 3.74. The highest BCUT2D eigenvalue weighted by atomic mass is 16.5. The average Bonchev–Trinajstić information content (AvgIpc) is 3.09. The molecule has 132 valence electrons. The van der Waals surface area contributed by atoms with Gasteiger partial charge in [0.2, 0.25) is 0 Å². The van der Waals surface area contributed by atoms with E-state index in [4.69, 9.17) is 10.00 Å². The number of ether oxygens (including phenoxy) is 1. The van der Waals surface area contributed by atoms with Crippen LogP contribution in [0, 0.1) is 11.3 Å². The fourth-order valence-corrected chi connectivity index (χ4v) is 2.44. The van der Waals surface area contributed by atoms with Gasteiger partial charge in [0.15, 0.2) is 5.65 Å². The minimum Gasteiger partial charge on any atom is -0.448 e. The first-order valence-corrected chi connectivity index (χ1v) is 8.10. The molecule has 2 N–H and O–H groups in total. The van der Waals surface area contributed by atoms with Gasteiger partial charge in [-0.1, -0.05) is 24.3 Å². The number of hydrogen-bond donors (Lipinski definition) is 2. The summed E-state index contributed by atoms with van der Waals surface area (Å²) in [6.07, 6.45) is 1.68. The highest BCUT2D eigenvalue weighted by molar-refractivity contribution is 5.66. The Labute approximate surface area is 150 Å². The van der Waals surface area contributed by atoms with Gasteiger partial charge in [-0.2, -0.15) is 5.26 Å². The lowest BCUT2D eigenvalue weighted by atomic mass is 10.1. The molecule has 0 spiro atoms. The summed E-state index contributed by atoms with van der Waals surface area (Å²) >= 11 is 0. The molecule has 0 bridgehead atoms. The van der Waals surface area contributed by atoms with Gasteiger partial charge >= 0.3 is 6.09 Å². The van der Waals surface area contributed by atoms with Gasteiger partial charge in [-0.3, -0.25) is 0 Å². The Morgan fingerprint density at radius 3 is 2.81 bits per heavy atom. The molecule has 26 heavy (non-hydrogen) atoms. The standard InChI is InChI=1S/C18H18N6O2/c1-20-18(25)26-11-10-21-16-6-7-17-22-12-15(24(17)23-16)14-4-2-13(3-5-14)8-9-19/h2-7,12H,8,10-11H2,1H3,(H,20,25)(H,21,23). The molecule has 0 unspecified atom stereocenters. The zero-order chi connectivity index (χ0) is 18.4. The van der Waals surface area contributed by atoms with Crippen LogP contribution in [0.4, 0.5) is 10.6 Å². The molecule has 1 amide bonds. The first-order valence-electron chi connectivity index (χ1n) is 8.10. The van der Waals surface area contributed by atoms with Crippen LogP contribution in [-0.4, -0.2) is 40.9 Å². The minimum absolute atomic E-state index is 0.233. The highest BCUT2D eigenvalue weighted by Gasteiger charge is 2.08.